The molecule has 3 fully saturated rings. The van der Waals surface area contributed by atoms with Gasteiger partial charge in [-0.15, -0.1) is 0 Å². The molecule has 3 nitrogen and oxygen atoms in total. The average molecular weight is 319 g/mol. The van der Waals surface area contributed by atoms with Gasteiger partial charge in [-0.1, -0.05) is 36.2 Å². The van der Waals surface area contributed by atoms with E-state index in [1.165, 1.54) is 19.5 Å². The van der Waals surface area contributed by atoms with Gasteiger partial charge in [-0.2, -0.15) is 0 Å². The van der Waals surface area contributed by atoms with E-state index in [4.69, 9.17) is 11.6 Å². The first-order valence-corrected chi connectivity index (χ1v) is 8.81. The van der Waals surface area contributed by atoms with Crippen molar-refractivity contribution in [1.82, 2.24) is 10.2 Å². The van der Waals surface area contributed by atoms with E-state index in [0.29, 0.717) is 0 Å². The number of halogens is 1. The molecule has 3 aliphatic rings. The Bertz CT molecular complexity index is 589. The van der Waals surface area contributed by atoms with Gasteiger partial charge < -0.3 is 10.2 Å². The second-order valence-corrected chi connectivity index (χ2v) is 7.69. The Morgan fingerprint density at radius 1 is 1.14 bits per heavy atom. The lowest BCUT2D eigenvalue weighted by Crippen LogP contribution is -2.56. The van der Waals surface area contributed by atoms with Crippen LogP contribution in [-0.4, -0.2) is 36.0 Å². The number of benzene rings is 1. The normalized spacial score (nSPS) is 25.0. The molecule has 0 aromatic heterocycles. The second-order valence-electron chi connectivity index (χ2n) is 7.28. The Balaban J connectivity index is 1.52. The van der Waals surface area contributed by atoms with Crippen LogP contribution < -0.4 is 5.32 Å². The van der Waals surface area contributed by atoms with Gasteiger partial charge in [-0.3, -0.25) is 4.79 Å². The van der Waals surface area contributed by atoms with Gasteiger partial charge in [0.05, 0.1) is 11.0 Å². The fraction of sp³-hybridized carbons (Fsp3) is 0.611. The molecule has 0 bridgehead atoms. The van der Waals surface area contributed by atoms with Crippen molar-refractivity contribution in [2.45, 2.75) is 49.5 Å². The molecule has 1 aromatic rings. The highest BCUT2D eigenvalue weighted by molar-refractivity contribution is 6.31. The van der Waals surface area contributed by atoms with Crippen LogP contribution in [-0.2, 0) is 10.2 Å². The van der Waals surface area contributed by atoms with Gasteiger partial charge in [0, 0.05) is 11.6 Å². The van der Waals surface area contributed by atoms with Gasteiger partial charge in [0.25, 0.3) is 0 Å². The third-order valence-electron chi connectivity index (χ3n) is 5.74. The van der Waals surface area contributed by atoms with E-state index in [1.54, 1.807) is 0 Å². The summed E-state index contributed by atoms with van der Waals surface area (Å²) in [5, 5.41) is 4.12. The van der Waals surface area contributed by atoms with E-state index in [9.17, 15) is 4.79 Å². The Morgan fingerprint density at radius 2 is 1.86 bits per heavy atom. The van der Waals surface area contributed by atoms with Crippen molar-refractivity contribution in [1.29, 1.82) is 0 Å². The van der Waals surface area contributed by atoms with Crippen molar-refractivity contribution >= 4 is 17.5 Å². The minimum absolute atomic E-state index is 0.0430. The fourth-order valence-electron chi connectivity index (χ4n) is 3.80. The summed E-state index contributed by atoms with van der Waals surface area (Å²) in [7, 11) is 0. The average Bonchev–Trinajstić information content (AvgIpc) is 3.15. The van der Waals surface area contributed by atoms with Gasteiger partial charge >= 0.3 is 0 Å². The number of nitrogens with one attached hydrogen (secondary N) is 1. The van der Waals surface area contributed by atoms with E-state index < -0.39 is 0 Å². The summed E-state index contributed by atoms with van der Waals surface area (Å²) in [4.78, 5) is 15.5. The van der Waals surface area contributed by atoms with E-state index in [0.717, 1.165) is 49.2 Å². The summed E-state index contributed by atoms with van der Waals surface area (Å²) in [6, 6.07) is 7.84. The maximum Gasteiger partial charge on any atom is 0.231 e. The molecule has 0 spiro atoms. The molecule has 2 saturated carbocycles. The number of likely N-dealkylation sites (tertiary alicyclic amines) is 1. The van der Waals surface area contributed by atoms with Gasteiger partial charge in [0.2, 0.25) is 5.91 Å². The van der Waals surface area contributed by atoms with E-state index in [2.05, 4.69) is 10.2 Å². The van der Waals surface area contributed by atoms with Gasteiger partial charge in [-0.05, 0) is 56.8 Å². The zero-order chi connectivity index (χ0) is 15.2. The van der Waals surface area contributed by atoms with Crippen LogP contribution in [0.2, 0.25) is 5.02 Å². The molecule has 1 amide bonds. The smallest absolute Gasteiger partial charge is 0.231 e. The lowest BCUT2D eigenvalue weighted by molar-refractivity contribution is -0.131. The SMILES string of the molecule is O=C(NC1(CN2CCC2)CC1)C1(c2ccccc2Cl)CCC1. The highest BCUT2D eigenvalue weighted by atomic mass is 35.5. The molecule has 0 radical (unpaired) electrons. The first kappa shape index (κ1) is 14.5. The predicted octanol–water partition coefficient (Wildman–Crippen LogP) is 3.12. The van der Waals surface area contributed by atoms with Crippen LogP contribution in [0.5, 0.6) is 0 Å². The summed E-state index contributed by atoms with van der Waals surface area (Å²) < 4.78 is 0. The fourth-order valence-corrected chi connectivity index (χ4v) is 4.12. The summed E-state index contributed by atoms with van der Waals surface area (Å²) in [5.74, 6) is 0.199. The number of hydrogen-bond donors (Lipinski definition) is 1. The summed E-state index contributed by atoms with van der Waals surface area (Å²) >= 11 is 6.38. The third-order valence-corrected chi connectivity index (χ3v) is 6.07. The molecule has 1 saturated heterocycles. The largest absolute Gasteiger partial charge is 0.349 e. The Morgan fingerprint density at radius 3 is 2.36 bits per heavy atom. The molecule has 0 atom stereocenters. The molecule has 0 unspecified atom stereocenters. The molecular weight excluding hydrogens is 296 g/mol. The lowest BCUT2D eigenvalue weighted by atomic mass is 9.63. The molecule has 2 aliphatic carbocycles. The van der Waals surface area contributed by atoms with Crippen molar-refractivity contribution in [2.75, 3.05) is 19.6 Å². The minimum Gasteiger partial charge on any atom is -0.349 e. The number of carbonyl (C=O) groups excluding carboxylic acids is 1. The molecular formula is C18H23ClN2O. The van der Waals surface area contributed by atoms with Crippen LogP contribution in [0.25, 0.3) is 0 Å². The van der Waals surface area contributed by atoms with Crippen LogP contribution in [0.15, 0.2) is 24.3 Å². The standard InChI is InChI=1S/C18H23ClN2O/c19-15-6-2-1-5-14(15)18(7-3-8-18)16(22)20-17(9-10-17)13-21-11-4-12-21/h1-2,5-6H,3-4,7-13H2,(H,20,22). The van der Waals surface area contributed by atoms with Crippen molar-refractivity contribution in [3.8, 4) is 0 Å². The third kappa shape index (κ3) is 2.35. The summed E-state index contributed by atoms with van der Waals surface area (Å²) in [6.45, 7) is 3.40. The number of hydrogen-bond acceptors (Lipinski definition) is 2. The number of carbonyl (C=O) groups is 1. The molecule has 22 heavy (non-hydrogen) atoms. The monoisotopic (exact) mass is 318 g/mol. The van der Waals surface area contributed by atoms with Crippen LogP contribution in [0.3, 0.4) is 0 Å². The minimum atomic E-state index is -0.386. The van der Waals surface area contributed by atoms with E-state index in [1.807, 2.05) is 24.3 Å². The molecule has 1 aliphatic heterocycles. The second kappa shape index (κ2) is 5.24. The van der Waals surface area contributed by atoms with E-state index >= 15 is 0 Å². The summed E-state index contributed by atoms with van der Waals surface area (Å²) in [6.07, 6.45) is 6.48. The Hall–Kier alpha value is -1.06. The Labute approximate surface area is 137 Å². The van der Waals surface area contributed by atoms with Crippen molar-refractivity contribution in [3.05, 3.63) is 34.9 Å². The maximum absolute atomic E-state index is 13.1. The molecule has 1 aromatic carbocycles. The van der Waals surface area contributed by atoms with Gasteiger partial charge in [-0.25, -0.2) is 0 Å². The van der Waals surface area contributed by atoms with Gasteiger partial charge in [0.1, 0.15) is 0 Å². The molecule has 1 N–H and O–H groups in total. The lowest BCUT2D eigenvalue weighted by Gasteiger charge is -2.43. The van der Waals surface area contributed by atoms with Crippen LogP contribution in [0.1, 0.15) is 44.1 Å². The number of amides is 1. The zero-order valence-electron chi connectivity index (χ0n) is 12.9. The van der Waals surface area contributed by atoms with Crippen molar-refractivity contribution in [3.63, 3.8) is 0 Å². The summed E-state index contributed by atoms with van der Waals surface area (Å²) in [5.41, 5.74) is 0.671. The molecule has 118 valence electrons. The highest BCUT2D eigenvalue weighted by Gasteiger charge is 2.52. The van der Waals surface area contributed by atoms with E-state index in [-0.39, 0.29) is 16.9 Å². The topological polar surface area (TPSA) is 32.3 Å². The molecule has 4 rings (SSSR count). The number of nitrogens with zero attached hydrogens (tertiary/aromatic N) is 1. The predicted molar refractivity (Wildman–Crippen MR) is 88.1 cm³/mol. The quantitative estimate of drug-likeness (QED) is 0.904. The van der Waals surface area contributed by atoms with Crippen LogP contribution in [0, 0.1) is 0 Å². The number of rotatable bonds is 5. The maximum atomic E-state index is 13.1. The van der Waals surface area contributed by atoms with Crippen molar-refractivity contribution < 1.29 is 4.79 Å². The van der Waals surface area contributed by atoms with Gasteiger partial charge in [0.15, 0.2) is 0 Å². The first-order chi connectivity index (χ1) is 10.6. The zero-order valence-corrected chi connectivity index (χ0v) is 13.7. The van der Waals surface area contributed by atoms with Crippen LogP contribution in [0.4, 0.5) is 0 Å². The highest BCUT2D eigenvalue weighted by Crippen LogP contribution is 2.48. The van der Waals surface area contributed by atoms with Crippen molar-refractivity contribution in [2.24, 2.45) is 0 Å². The van der Waals surface area contributed by atoms with Crippen LogP contribution >= 0.6 is 11.6 Å². The molecule has 1 heterocycles. The Kier molecular flexibility index (Phi) is 3.46. The molecule has 4 heteroatoms. The first-order valence-electron chi connectivity index (χ1n) is 8.44.